The van der Waals surface area contributed by atoms with Crippen molar-refractivity contribution in [2.45, 2.75) is 0 Å². The summed E-state index contributed by atoms with van der Waals surface area (Å²) in [5.74, 6) is 0. The highest BCUT2D eigenvalue weighted by atomic mass is 16.5. The smallest absolute Gasteiger partial charge is 0.101 e. The van der Waals surface area contributed by atoms with Gasteiger partial charge in [-0.1, -0.05) is 0 Å². The number of ether oxygens (including phenoxy) is 2. The van der Waals surface area contributed by atoms with E-state index < -0.39 is 0 Å². The van der Waals surface area contributed by atoms with Crippen LogP contribution in [0, 0.1) is 11.3 Å². The van der Waals surface area contributed by atoms with Crippen LogP contribution in [-0.4, -0.2) is 40.5 Å². The van der Waals surface area contributed by atoms with Gasteiger partial charge in [-0.15, -0.1) is 0 Å². The van der Waals surface area contributed by atoms with Crippen LogP contribution in [0.4, 0.5) is 11.4 Å². The van der Waals surface area contributed by atoms with Crippen LogP contribution in [0.15, 0.2) is 18.2 Å². The number of hydrogen-bond donors (Lipinski definition) is 1. The summed E-state index contributed by atoms with van der Waals surface area (Å²) in [5, 5.41) is 8.98. The maximum absolute atomic E-state index is 8.98. The first kappa shape index (κ1) is 14.3. The number of nitrogen functional groups attached to an aromatic ring is 1. The molecule has 0 aliphatic rings. The van der Waals surface area contributed by atoms with Gasteiger partial charge in [0.25, 0.3) is 0 Å². The first-order valence-electron chi connectivity index (χ1n) is 5.75. The van der Waals surface area contributed by atoms with Crippen molar-refractivity contribution in [1.29, 1.82) is 5.26 Å². The van der Waals surface area contributed by atoms with Crippen molar-refractivity contribution < 1.29 is 9.47 Å². The molecular weight excluding hydrogens is 230 g/mol. The highest BCUT2D eigenvalue weighted by Crippen LogP contribution is 2.20. The normalized spacial score (nSPS) is 10.1. The van der Waals surface area contributed by atoms with Gasteiger partial charge < -0.3 is 20.1 Å². The summed E-state index contributed by atoms with van der Waals surface area (Å²) in [5.41, 5.74) is 7.66. The molecule has 0 spiro atoms. The molecule has 5 nitrogen and oxygen atoms in total. The van der Waals surface area contributed by atoms with E-state index in [0.717, 1.165) is 18.8 Å². The number of anilines is 2. The van der Waals surface area contributed by atoms with Gasteiger partial charge in [-0.2, -0.15) is 5.26 Å². The monoisotopic (exact) mass is 249 g/mol. The Morgan fingerprint density at radius 2 is 1.83 bits per heavy atom. The Morgan fingerprint density at radius 3 is 2.33 bits per heavy atom. The lowest BCUT2D eigenvalue weighted by molar-refractivity contribution is 0.190. The van der Waals surface area contributed by atoms with E-state index in [9.17, 15) is 0 Å². The molecule has 0 aliphatic heterocycles. The molecule has 0 radical (unpaired) electrons. The second-order valence-corrected chi connectivity index (χ2v) is 3.86. The zero-order chi connectivity index (χ0) is 13.4. The molecule has 1 aromatic carbocycles. The van der Waals surface area contributed by atoms with Gasteiger partial charge in [0.1, 0.15) is 6.07 Å². The largest absolute Gasteiger partial charge is 0.398 e. The molecule has 0 amide bonds. The van der Waals surface area contributed by atoms with Crippen LogP contribution in [-0.2, 0) is 9.47 Å². The minimum Gasteiger partial charge on any atom is -0.398 e. The van der Waals surface area contributed by atoms with E-state index in [4.69, 9.17) is 20.5 Å². The summed E-state index contributed by atoms with van der Waals surface area (Å²) < 4.78 is 10.2. The van der Waals surface area contributed by atoms with Gasteiger partial charge in [0, 0.05) is 38.7 Å². The minimum absolute atomic E-state index is 0.493. The van der Waals surface area contributed by atoms with Crippen molar-refractivity contribution in [3.05, 3.63) is 23.8 Å². The molecule has 0 saturated carbocycles. The second kappa shape index (κ2) is 7.54. The zero-order valence-corrected chi connectivity index (χ0v) is 10.8. The summed E-state index contributed by atoms with van der Waals surface area (Å²) in [6.07, 6.45) is 0. The fourth-order valence-corrected chi connectivity index (χ4v) is 1.61. The first-order valence-corrected chi connectivity index (χ1v) is 5.75. The Labute approximate surface area is 108 Å². The molecule has 1 aromatic rings. The Morgan fingerprint density at radius 1 is 1.22 bits per heavy atom. The number of methoxy groups -OCH3 is 2. The van der Waals surface area contributed by atoms with Crippen LogP contribution in [0.2, 0.25) is 0 Å². The van der Waals surface area contributed by atoms with Crippen molar-refractivity contribution in [2.24, 2.45) is 0 Å². The average molecular weight is 249 g/mol. The van der Waals surface area contributed by atoms with Gasteiger partial charge >= 0.3 is 0 Å². The van der Waals surface area contributed by atoms with Crippen molar-refractivity contribution >= 4 is 11.4 Å². The fraction of sp³-hybridized carbons (Fsp3) is 0.462. The Bertz CT molecular complexity index is 407. The molecule has 5 heteroatoms. The summed E-state index contributed by atoms with van der Waals surface area (Å²) in [7, 11) is 3.33. The lowest BCUT2D eigenvalue weighted by Crippen LogP contribution is -2.30. The maximum Gasteiger partial charge on any atom is 0.101 e. The first-order chi connectivity index (χ1) is 8.72. The molecule has 0 fully saturated rings. The highest BCUT2D eigenvalue weighted by Gasteiger charge is 2.08. The van der Waals surface area contributed by atoms with Crippen LogP contribution in [0.25, 0.3) is 0 Å². The molecule has 0 saturated heterocycles. The number of hydrogen-bond acceptors (Lipinski definition) is 5. The van der Waals surface area contributed by atoms with Crippen LogP contribution in [0.3, 0.4) is 0 Å². The molecule has 0 atom stereocenters. The predicted octanol–water partition coefficient (Wildman–Crippen LogP) is 1.24. The average Bonchev–Trinajstić information content (AvgIpc) is 2.40. The van der Waals surface area contributed by atoms with Crippen LogP contribution >= 0.6 is 0 Å². The molecule has 0 aromatic heterocycles. The van der Waals surface area contributed by atoms with Gasteiger partial charge in [-0.3, -0.25) is 0 Å². The molecular formula is C13H19N3O2. The number of nitrogens with two attached hydrogens (primary N) is 1. The van der Waals surface area contributed by atoms with E-state index in [2.05, 4.69) is 11.0 Å². The summed E-state index contributed by atoms with van der Waals surface area (Å²) >= 11 is 0. The maximum atomic E-state index is 8.98. The van der Waals surface area contributed by atoms with Gasteiger partial charge in [-0.05, 0) is 18.2 Å². The van der Waals surface area contributed by atoms with Gasteiger partial charge in [-0.25, -0.2) is 0 Å². The molecule has 0 bridgehead atoms. The molecule has 1 rings (SSSR count). The number of rotatable bonds is 7. The molecule has 98 valence electrons. The van der Waals surface area contributed by atoms with E-state index in [1.165, 1.54) is 0 Å². The predicted molar refractivity (Wildman–Crippen MR) is 71.5 cm³/mol. The van der Waals surface area contributed by atoms with Gasteiger partial charge in [0.05, 0.1) is 18.8 Å². The standard InChI is InChI=1S/C13H19N3O2/c1-17-7-5-16(6-8-18-2)12-3-4-13(15)11(9-12)10-14/h3-4,9H,5-8,15H2,1-2H3. The minimum atomic E-state index is 0.493. The van der Waals surface area contributed by atoms with Crippen molar-refractivity contribution in [3.63, 3.8) is 0 Å². The van der Waals surface area contributed by atoms with E-state index in [1.807, 2.05) is 6.07 Å². The van der Waals surface area contributed by atoms with Crippen LogP contribution in [0.1, 0.15) is 5.56 Å². The third-order valence-corrected chi connectivity index (χ3v) is 2.65. The SMILES string of the molecule is COCCN(CCOC)c1ccc(N)c(C#N)c1. The molecule has 0 unspecified atom stereocenters. The third-order valence-electron chi connectivity index (χ3n) is 2.65. The molecule has 18 heavy (non-hydrogen) atoms. The fourth-order valence-electron chi connectivity index (χ4n) is 1.61. The van der Waals surface area contributed by atoms with Crippen molar-refractivity contribution in [1.82, 2.24) is 0 Å². The second-order valence-electron chi connectivity index (χ2n) is 3.86. The number of benzene rings is 1. The molecule has 0 aliphatic carbocycles. The van der Waals surface area contributed by atoms with Crippen LogP contribution in [0.5, 0.6) is 0 Å². The van der Waals surface area contributed by atoms with Crippen LogP contribution < -0.4 is 10.6 Å². The topological polar surface area (TPSA) is 71.5 Å². The molecule has 2 N–H and O–H groups in total. The molecule has 0 heterocycles. The Kier molecular flexibility index (Phi) is 5.98. The quantitative estimate of drug-likeness (QED) is 0.736. The Balaban J connectivity index is 2.86. The lowest BCUT2D eigenvalue weighted by atomic mass is 10.1. The highest BCUT2D eigenvalue weighted by molar-refractivity contribution is 5.62. The number of nitrogens with zero attached hydrogens (tertiary/aromatic N) is 2. The van der Waals surface area contributed by atoms with Crippen molar-refractivity contribution in [2.75, 3.05) is 51.2 Å². The van der Waals surface area contributed by atoms with E-state index in [0.29, 0.717) is 24.5 Å². The number of nitriles is 1. The lowest BCUT2D eigenvalue weighted by Gasteiger charge is -2.24. The van der Waals surface area contributed by atoms with Gasteiger partial charge in [0.2, 0.25) is 0 Å². The summed E-state index contributed by atoms with van der Waals surface area (Å²) in [6.45, 7) is 2.73. The third kappa shape index (κ3) is 3.91. The summed E-state index contributed by atoms with van der Waals surface area (Å²) in [4.78, 5) is 2.10. The zero-order valence-electron chi connectivity index (χ0n) is 10.8. The van der Waals surface area contributed by atoms with E-state index in [-0.39, 0.29) is 0 Å². The van der Waals surface area contributed by atoms with Gasteiger partial charge in [0.15, 0.2) is 0 Å². The summed E-state index contributed by atoms with van der Waals surface area (Å²) in [6, 6.07) is 7.54. The van der Waals surface area contributed by atoms with E-state index in [1.54, 1.807) is 26.4 Å². The van der Waals surface area contributed by atoms with Crippen molar-refractivity contribution in [3.8, 4) is 6.07 Å². The Hall–Kier alpha value is -1.77. The van der Waals surface area contributed by atoms with E-state index >= 15 is 0 Å².